The van der Waals surface area contributed by atoms with Crippen LogP contribution in [0.4, 0.5) is 11.4 Å². The van der Waals surface area contributed by atoms with Crippen molar-refractivity contribution in [2.24, 2.45) is 5.92 Å². The molecule has 1 saturated heterocycles. The fourth-order valence-electron chi connectivity index (χ4n) is 5.79. The molecule has 1 fully saturated rings. The number of carbonyl (C=O) groups excluding carboxylic acids is 3. The summed E-state index contributed by atoms with van der Waals surface area (Å²) in [6.07, 6.45) is 0. The van der Waals surface area contributed by atoms with E-state index >= 15 is 0 Å². The predicted molar refractivity (Wildman–Crippen MR) is 172 cm³/mol. The fraction of sp³-hybridized carbons (Fsp3) is 0.125. The number of nitrogens with one attached hydrogen (secondary N) is 1. The van der Waals surface area contributed by atoms with Crippen molar-refractivity contribution in [3.05, 3.63) is 121 Å². The Morgan fingerprint density at radius 3 is 2.37 bits per heavy atom. The normalized spacial score (nSPS) is 19.4. The minimum Gasteiger partial charge on any atom is -0.325 e. The van der Waals surface area contributed by atoms with Gasteiger partial charge in [0.25, 0.3) is 0 Å². The number of fused-ring (bicyclic) bond motifs is 3. The number of rotatable bonds is 5. The molecule has 2 aliphatic heterocycles. The van der Waals surface area contributed by atoms with Gasteiger partial charge in [0.15, 0.2) is 0 Å². The number of thiazole rings is 1. The largest absolute Gasteiger partial charge is 0.325 e. The molecule has 3 heterocycles. The Morgan fingerprint density at radius 1 is 0.837 bits per heavy atom. The molecular formula is C32H21Cl2N3O4S2. The Labute approximate surface area is 264 Å². The second kappa shape index (κ2) is 11.0. The van der Waals surface area contributed by atoms with Crippen LogP contribution in [-0.2, 0) is 20.9 Å². The molecule has 1 N–H and O–H groups in total. The van der Waals surface area contributed by atoms with E-state index in [4.69, 9.17) is 23.2 Å². The number of imide groups is 1. The van der Waals surface area contributed by atoms with E-state index in [2.05, 4.69) is 5.32 Å². The number of para-hydroxylation sites is 1. The first kappa shape index (κ1) is 27.9. The molecule has 11 heteroatoms. The third kappa shape index (κ3) is 4.77. The summed E-state index contributed by atoms with van der Waals surface area (Å²) in [5.74, 6) is -2.68. The summed E-state index contributed by atoms with van der Waals surface area (Å²) in [4.78, 5) is 55.9. The van der Waals surface area contributed by atoms with E-state index in [1.54, 1.807) is 42.5 Å². The third-order valence-electron chi connectivity index (χ3n) is 7.72. The molecule has 3 amide bonds. The Balaban J connectivity index is 1.28. The van der Waals surface area contributed by atoms with Gasteiger partial charge in [0.1, 0.15) is 11.8 Å². The number of benzene rings is 4. The quantitative estimate of drug-likeness (QED) is 0.212. The zero-order valence-electron chi connectivity index (χ0n) is 22.2. The molecule has 0 aliphatic carbocycles. The standard InChI is InChI=1S/C32H21Cl2N3O4S2/c33-22-12-6-11-21(26(22)34)24-25-27(30(40)37(29(25)39)20-9-2-1-3-10-20)42-31-28(24)43-32(41)36(31)16-23(38)35-19-14-13-17-7-4-5-8-18(17)15-19/h1-15,24-25,27H,16H2,(H,35,38)/t24-,25-,27+/m0/s1. The molecule has 4 aromatic carbocycles. The summed E-state index contributed by atoms with van der Waals surface area (Å²) >= 11 is 15.2. The molecule has 0 unspecified atom stereocenters. The summed E-state index contributed by atoms with van der Waals surface area (Å²) in [5.41, 5.74) is 1.63. The molecule has 43 heavy (non-hydrogen) atoms. The SMILES string of the molecule is O=C(Cn1c2c(sc1=O)[C@@H](c1cccc(Cl)c1Cl)[C@@H]1C(=O)N(c3ccccc3)C(=O)[C@@H]1S2)Nc1ccc2ccccc2c1. The maximum absolute atomic E-state index is 14.0. The molecule has 0 radical (unpaired) electrons. The highest BCUT2D eigenvalue weighted by molar-refractivity contribution is 8.00. The first-order valence-electron chi connectivity index (χ1n) is 13.4. The van der Waals surface area contributed by atoms with Crippen molar-refractivity contribution in [1.82, 2.24) is 4.57 Å². The lowest BCUT2D eigenvalue weighted by Gasteiger charge is -2.31. The number of carbonyl (C=O) groups is 3. The lowest BCUT2D eigenvalue weighted by Crippen LogP contribution is -2.33. The summed E-state index contributed by atoms with van der Waals surface area (Å²) in [5, 5.41) is 5.10. The molecule has 7 nitrogen and oxygen atoms in total. The van der Waals surface area contributed by atoms with Crippen LogP contribution < -0.4 is 15.1 Å². The fourth-order valence-corrected chi connectivity index (χ4v) is 8.98. The second-order valence-corrected chi connectivity index (χ2v) is 13.2. The molecule has 0 bridgehead atoms. The van der Waals surface area contributed by atoms with E-state index in [1.165, 1.54) is 9.47 Å². The van der Waals surface area contributed by atoms with Crippen molar-refractivity contribution < 1.29 is 14.4 Å². The monoisotopic (exact) mass is 645 g/mol. The number of aromatic nitrogens is 1. The molecule has 1 aromatic heterocycles. The van der Waals surface area contributed by atoms with Crippen molar-refractivity contribution in [3.63, 3.8) is 0 Å². The Kier molecular flexibility index (Phi) is 7.13. The van der Waals surface area contributed by atoms with E-state index in [9.17, 15) is 19.2 Å². The number of nitrogens with zero attached hydrogens (tertiary/aromatic N) is 2. The lowest BCUT2D eigenvalue weighted by atomic mass is 9.83. The molecular weight excluding hydrogens is 625 g/mol. The van der Waals surface area contributed by atoms with Crippen LogP contribution in [0, 0.1) is 5.92 Å². The second-order valence-electron chi connectivity index (χ2n) is 10.3. The van der Waals surface area contributed by atoms with E-state index in [0.29, 0.717) is 31.9 Å². The van der Waals surface area contributed by atoms with Crippen LogP contribution >= 0.6 is 46.3 Å². The third-order valence-corrected chi connectivity index (χ3v) is 11.2. The highest BCUT2D eigenvalue weighted by Crippen LogP contribution is 2.55. The molecule has 5 aromatic rings. The topological polar surface area (TPSA) is 88.5 Å². The van der Waals surface area contributed by atoms with Gasteiger partial charge < -0.3 is 5.32 Å². The van der Waals surface area contributed by atoms with Gasteiger partial charge in [-0.15, -0.1) is 0 Å². The summed E-state index contributed by atoms with van der Waals surface area (Å²) in [6.45, 7) is -0.261. The predicted octanol–water partition coefficient (Wildman–Crippen LogP) is 6.80. The van der Waals surface area contributed by atoms with Crippen LogP contribution in [0.25, 0.3) is 10.8 Å². The van der Waals surface area contributed by atoms with Gasteiger partial charge in [-0.25, -0.2) is 4.90 Å². The smallest absolute Gasteiger partial charge is 0.308 e. The van der Waals surface area contributed by atoms with Crippen LogP contribution in [-0.4, -0.2) is 27.5 Å². The molecule has 0 spiro atoms. The van der Waals surface area contributed by atoms with Crippen molar-refractivity contribution >= 4 is 86.2 Å². The Bertz CT molecular complexity index is 2010. The number of hydrogen-bond acceptors (Lipinski definition) is 6. The van der Waals surface area contributed by atoms with Gasteiger partial charge in [0.05, 0.1) is 26.7 Å². The van der Waals surface area contributed by atoms with E-state index in [1.807, 2.05) is 48.5 Å². The maximum atomic E-state index is 14.0. The van der Waals surface area contributed by atoms with Crippen LogP contribution in [0.15, 0.2) is 101 Å². The zero-order valence-corrected chi connectivity index (χ0v) is 25.3. The average Bonchev–Trinajstić information content (AvgIpc) is 3.45. The number of thioether (sulfide) groups is 1. The van der Waals surface area contributed by atoms with E-state index in [-0.39, 0.29) is 28.3 Å². The van der Waals surface area contributed by atoms with Crippen molar-refractivity contribution in [1.29, 1.82) is 0 Å². The zero-order chi connectivity index (χ0) is 29.8. The van der Waals surface area contributed by atoms with Crippen molar-refractivity contribution in [3.8, 4) is 0 Å². The van der Waals surface area contributed by atoms with Crippen molar-refractivity contribution in [2.45, 2.75) is 22.7 Å². The van der Waals surface area contributed by atoms with Gasteiger partial charge in [-0.05, 0) is 46.7 Å². The van der Waals surface area contributed by atoms with Crippen LogP contribution in [0.5, 0.6) is 0 Å². The van der Waals surface area contributed by atoms with Gasteiger partial charge in [0, 0.05) is 16.5 Å². The maximum Gasteiger partial charge on any atom is 0.308 e. The molecule has 0 saturated carbocycles. The van der Waals surface area contributed by atoms with Gasteiger partial charge in [-0.1, -0.05) is 107 Å². The van der Waals surface area contributed by atoms with Crippen molar-refractivity contribution in [2.75, 3.05) is 10.2 Å². The molecule has 3 atom stereocenters. The highest BCUT2D eigenvalue weighted by atomic mass is 35.5. The summed E-state index contributed by atoms with van der Waals surface area (Å²) in [7, 11) is 0. The number of halogens is 2. The number of amides is 3. The minimum atomic E-state index is -0.830. The Morgan fingerprint density at radius 2 is 1.58 bits per heavy atom. The summed E-state index contributed by atoms with van der Waals surface area (Å²) < 4.78 is 1.38. The van der Waals surface area contributed by atoms with Gasteiger partial charge in [-0.3, -0.25) is 23.7 Å². The lowest BCUT2D eigenvalue weighted by molar-refractivity contribution is -0.122. The highest BCUT2D eigenvalue weighted by Gasteiger charge is 2.57. The first-order chi connectivity index (χ1) is 20.8. The number of hydrogen-bond donors (Lipinski definition) is 1. The van der Waals surface area contributed by atoms with E-state index in [0.717, 1.165) is 33.9 Å². The van der Waals surface area contributed by atoms with Gasteiger partial charge in [-0.2, -0.15) is 0 Å². The molecule has 2 aliphatic rings. The van der Waals surface area contributed by atoms with Crippen LogP contribution in [0.1, 0.15) is 16.4 Å². The van der Waals surface area contributed by atoms with E-state index < -0.39 is 23.0 Å². The van der Waals surface area contributed by atoms with Crippen LogP contribution in [0.3, 0.4) is 0 Å². The average molecular weight is 647 g/mol. The van der Waals surface area contributed by atoms with Gasteiger partial charge in [0.2, 0.25) is 17.7 Å². The number of anilines is 2. The minimum absolute atomic E-state index is 0.255. The molecule has 7 rings (SSSR count). The molecule has 214 valence electrons. The van der Waals surface area contributed by atoms with Gasteiger partial charge >= 0.3 is 4.87 Å². The summed E-state index contributed by atoms with van der Waals surface area (Å²) in [6, 6.07) is 27.3. The Hall–Kier alpha value is -3.89. The van der Waals surface area contributed by atoms with Crippen LogP contribution in [0.2, 0.25) is 10.0 Å². The first-order valence-corrected chi connectivity index (χ1v) is 15.8.